The number of ketones is 1. The Labute approximate surface area is 125 Å². The molecule has 1 aliphatic heterocycles. The molecule has 1 aromatic carbocycles. The molecule has 1 aliphatic rings. The van der Waals surface area contributed by atoms with Crippen molar-refractivity contribution >= 4 is 24.1 Å². The average molecular weight is 297 g/mol. The summed E-state index contributed by atoms with van der Waals surface area (Å²) in [6, 6.07) is 6.99. The maximum atomic E-state index is 12.5. The van der Waals surface area contributed by atoms with Gasteiger partial charge in [0.15, 0.2) is 5.78 Å². The Morgan fingerprint density at radius 2 is 1.90 bits per heavy atom. The lowest BCUT2D eigenvalue weighted by Gasteiger charge is -2.23. The van der Waals surface area contributed by atoms with Gasteiger partial charge in [-0.3, -0.25) is 9.59 Å². The van der Waals surface area contributed by atoms with E-state index in [0.717, 1.165) is 6.42 Å². The van der Waals surface area contributed by atoms with Crippen molar-refractivity contribution in [2.24, 2.45) is 11.1 Å². The van der Waals surface area contributed by atoms with Gasteiger partial charge in [0, 0.05) is 18.7 Å². The van der Waals surface area contributed by atoms with Gasteiger partial charge in [0.1, 0.15) is 0 Å². The highest BCUT2D eigenvalue weighted by molar-refractivity contribution is 6.07. The third-order valence-electron chi connectivity index (χ3n) is 3.87. The van der Waals surface area contributed by atoms with Gasteiger partial charge in [-0.25, -0.2) is 0 Å². The highest BCUT2D eigenvalue weighted by Crippen LogP contribution is 2.29. The fraction of sp³-hybridized carbons (Fsp3) is 0.467. The van der Waals surface area contributed by atoms with E-state index in [9.17, 15) is 9.59 Å². The molecule has 0 radical (unpaired) electrons. The number of carbonyl (C=O) groups excluding carboxylic acids is 2. The van der Waals surface area contributed by atoms with E-state index in [-0.39, 0.29) is 29.5 Å². The summed E-state index contributed by atoms with van der Waals surface area (Å²) < 4.78 is 0. The number of carbonyl (C=O) groups is 2. The molecular weight excluding hydrogens is 276 g/mol. The van der Waals surface area contributed by atoms with E-state index in [1.807, 2.05) is 0 Å². The van der Waals surface area contributed by atoms with Crippen molar-refractivity contribution in [2.45, 2.75) is 20.3 Å². The summed E-state index contributed by atoms with van der Waals surface area (Å²) >= 11 is 0. The molecular formula is C15H21ClN2O2. The summed E-state index contributed by atoms with van der Waals surface area (Å²) in [6.07, 6.45) is 0.914. The average Bonchev–Trinajstić information content (AvgIpc) is 2.81. The van der Waals surface area contributed by atoms with Crippen molar-refractivity contribution in [3.05, 3.63) is 35.4 Å². The van der Waals surface area contributed by atoms with Crippen LogP contribution in [0.2, 0.25) is 0 Å². The zero-order valence-corrected chi connectivity index (χ0v) is 12.7. The molecule has 1 heterocycles. The molecule has 1 aromatic rings. The number of amides is 1. The fourth-order valence-electron chi connectivity index (χ4n) is 2.51. The molecule has 110 valence electrons. The van der Waals surface area contributed by atoms with Crippen molar-refractivity contribution in [3.8, 4) is 0 Å². The molecule has 5 heteroatoms. The maximum Gasteiger partial charge on any atom is 0.254 e. The molecule has 0 aromatic heterocycles. The van der Waals surface area contributed by atoms with Gasteiger partial charge in [-0.1, -0.05) is 25.1 Å². The number of nitrogens with two attached hydrogens (primary N) is 1. The van der Waals surface area contributed by atoms with Crippen LogP contribution in [0.4, 0.5) is 0 Å². The largest absolute Gasteiger partial charge is 0.338 e. The third-order valence-corrected chi connectivity index (χ3v) is 3.87. The first-order valence-corrected chi connectivity index (χ1v) is 6.56. The van der Waals surface area contributed by atoms with E-state index in [1.54, 1.807) is 29.2 Å². The molecule has 2 rings (SSSR count). The summed E-state index contributed by atoms with van der Waals surface area (Å²) in [5.74, 6) is -0.146. The van der Waals surface area contributed by atoms with Gasteiger partial charge in [-0.05, 0) is 31.4 Å². The van der Waals surface area contributed by atoms with Crippen LogP contribution < -0.4 is 5.73 Å². The minimum Gasteiger partial charge on any atom is -0.338 e. The van der Waals surface area contributed by atoms with Crippen molar-refractivity contribution in [3.63, 3.8) is 0 Å². The van der Waals surface area contributed by atoms with Crippen LogP contribution in [0.25, 0.3) is 0 Å². The van der Waals surface area contributed by atoms with E-state index in [0.29, 0.717) is 30.8 Å². The second kappa shape index (κ2) is 6.37. The van der Waals surface area contributed by atoms with E-state index in [1.165, 1.54) is 6.92 Å². The smallest absolute Gasteiger partial charge is 0.254 e. The molecule has 0 aliphatic carbocycles. The number of nitrogens with zero attached hydrogens (tertiary/aromatic N) is 1. The van der Waals surface area contributed by atoms with E-state index < -0.39 is 0 Å². The number of benzene rings is 1. The first-order valence-electron chi connectivity index (χ1n) is 6.56. The zero-order chi connectivity index (χ0) is 14.0. The van der Waals surface area contributed by atoms with Crippen molar-refractivity contribution in [1.29, 1.82) is 0 Å². The molecule has 1 unspecified atom stereocenters. The molecule has 2 N–H and O–H groups in total. The summed E-state index contributed by atoms with van der Waals surface area (Å²) in [4.78, 5) is 25.9. The second-order valence-electron chi connectivity index (χ2n) is 5.59. The van der Waals surface area contributed by atoms with E-state index >= 15 is 0 Å². The Hall–Kier alpha value is -1.39. The Bertz CT molecular complexity index is 518. The van der Waals surface area contributed by atoms with Gasteiger partial charge < -0.3 is 10.6 Å². The zero-order valence-electron chi connectivity index (χ0n) is 11.9. The number of hydrogen-bond donors (Lipinski definition) is 1. The number of halogens is 1. The SMILES string of the molecule is CC(=O)c1ccccc1C(=O)N1CCC(C)(CN)C1.Cl. The quantitative estimate of drug-likeness (QED) is 0.869. The van der Waals surface area contributed by atoms with Gasteiger partial charge in [0.2, 0.25) is 0 Å². The minimum atomic E-state index is -0.0790. The molecule has 0 spiro atoms. The first-order chi connectivity index (χ1) is 8.97. The van der Waals surface area contributed by atoms with Gasteiger partial charge >= 0.3 is 0 Å². The predicted octanol–water partition coefficient (Wildman–Crippen LogP) is 2.12. The van der Waals surface area contributed by atoms with Crippen LogP contribution in [0.1, 0.15) is 41.0 Å². The van der Waals surface area contributed by atoms with Crippen molar-refractivity contribution < 1.29 is 9.59 Å². The van der Waals surface area contributed by atoms with E-state index in [2.05, 4.69) is 6.92 Å². The molecule has 1 saturated heterocycles. The standard InChI is InChI=1S/C15H20N2O2.ClH/c1-11(18)12-5-3-4-6-13(12)14(19)17-8-7-15(2,9-16)10-17;/h3-6H,7-10,16H2,1-2H3;1H. The summed E-state index contributed by atoms with van der Waals surface area (Å²) in [5.41, 5.74) is 6.75. The topological polar surface area (TPSA) is 63.4 Å². The Morgan fingerprint density at radius 1 is 1.30 bits per heavy atom. The highest BCUT2D eigenvalue weighted by Gasteiger charge is 2.35. The summed E-state index contributed by atoms with van der Waals surface area (Å²) in [5, 5.41) is 0. The van der Waals surface area contributed by atoms with Crippen molar-refractivity contribution in [2.75, 3.05) is 19.6 Å². The molecule has 1 amide bonds. The highest BCUT2D eigenvalue weighted by atomic mass is 35.5. The fourth-order valence-corrected chi connectivity index (χ4v) is 2.51. The summed E-state index contributed by atoms with van der Waals surface area (Å²) in [7, 11) is 0. The van der Waals surface area contributed by atoms with Crippen LogP contribution in [0.5, 0.6) is 0 Å². The molecule has 1 atom stereocenters. The number of rotatable bonds is 3. The number of hydrogen-bond acceptors (Lipinski definition) is 3. The summed E-state index contributed by atoms with van der Waals surface area (Å²) in [6.45, 7) is 5.52. The van der Waals surface area contributed by atoms with Crippen LogP contribution >= 0.6 is 12.4 Å². The van der Waals surface area contributed by atoms with Gasteiger partial charge in [-0.15, -0.1) is 12.4 Å². The van der Waals surface area contributed by atoms with Crippen LogP contribution in [-0.2, 0) is 0 Å². The predicted molar refractivity (Wildman–Crippen MR) is 81.4 cm³/mol. The van der Waals surface area contributed by atoms with Crippen LogP contribution in [0.3, 0.4) is 0 Å². The lowest BCUT2D eigenvalue weighted by molar-refractivity contribution is 0.0772. The maximum absolute atomic E-state index is 12.5. The Morgan fingerprint density at radius 3 is 2.40 bits per heavy atom. The lowest BCUT2D eigenvalue weighted by Crippen LogP contribution is -2.35. The van der Waals surface area contributed by atoms with Gasteiger partial charge in [0.25, 0.3) is 5.91 Å². The second-order valence-corrected chi connectivity index (χ2v) is 5.59. The van der Waals surface area contributed by atoms with Crippen LogP contribution in [0.15, 0.2) is 24.3 Å². The number of Topliss-reactive ketones (excluding diaryl/α,β-unsaturated/α-hetero) is 1. The Kier molecular flexibility index (Phi) is 5.31. The van der Waals surface area contributed by atoms with E-state index in [4.69, 9.17) is 5.73 Å². The molecule has 0 bridgehead atoms. The first kappa shape index (κ1) is 16.7. The van der Waals surface area contributed by atoms with Crippen LogP contribution in [-0.4, -0.2) is 36.2 Å². The molecule has 0 saturated carbocycles. The normalized spacial score (nSPS) is 21.4. The molecule has 4 nitrogen and oxygen atoms in total. The Balaban J connectivity index is 0.00000200. The van der Waals surface area contributed by atoms with Crippen LogP contribution in [0, 0.1) is 5.41 Å². The third kappa shape index (κ3) is 3.19. The number of likely N-dealkylation sites (tertiary alicyclic amines) is 1. The van der Waals surface area contributed by atoms with Gasteiger partial charge in [0.05, 0.1) is 5.56 Å². The van der Waals surface area contributed by atoms with Crippen molar-refractivity contribution in [1.82, 2.24) is 4.90 Å². The molecule has 20 heavy (non-hydrogen) atoms. The van der Waals surface area contributed by atoms with Gasteiger partial charge in [-0.2, -0.15) is 0 Å². The minimum absolute atomic E-state index is 0. The monoisotopic (exact) mass is 296 g/mol. The molecule has 1 fully saturated rings. The lowest BCUT2D eigenvalue weighted by atomic mass is 9.90.